The highest BCUT2D eigenvalue weighted by Crippen LogP contribution is 2.39. The van der Waals surface area contributed by atoms with E-state index in [0.717, 1.165) is 73.8 Å². The predicted octanol–water partition coefficient (Wildman–Crippen LogP) is 6.50. The van der Waals surface area contributed by atoms with Crippen LogP contribution < -0.4 is 4.74 Å². The predicted molar refractivity (Wildman–Crippen MR) is 180 cm³/mol. The average molecular weight is 679 g/mol. The SMILES string of the molecule is O=C([C@H]1CN(C2c3ccc(Cl)cc3CCc3cc(Cl)cnc32)CCN1C(=O)OC1CCCCC1)N1CCCC(Oc2cccnc2)C1. The number of nitrogens with zero attached hydrogens (tertiary/aromatic N) is 5. The van der Waals surface area contributed by atoms with Gasteiger partial charge in [0.1, 0.15) is 24.0 Å². The smallest absolute Gasteiger partial charge is 0.410 e. The third-order valence-electron chi connectivity index (χ3n) is 10.0. The molecule has 2 unspecified atom stereocenters. The van der Waals surface area contributed by atoms with Crippen LogP contribution in [0.3, 0.4) is 0 Å². The van der Waals surface area contributed by atoms with Crippen LogP contribution in [0.15, 0.2) is 55.0 Å². The monoisotopic (exact) mass is 677 g/mol. The summed E-state index contributed by atoms with van der Waals surface area (Å²) in [6.07, 6.45) is 12.7. The van der Waals surface area contributed by atoms with Crippen molar-refractivity contribution in [3.05, 3.63) is 87.4 Å². The third-order valence-corrected chi connectivity index (χ3v) is 10.5. The lowest BCUT2D eigenvalue weighted by Gasteiger charge is -2.45. The molecule has 3 aromatic rings. The molecule has 2 amide bonds. The van der Waals surface area contributed by atoms with Crippen LogP contribution in [0.4, 0.5) is 4.79 Å². The Morgan fingerprint density at radius 3 is 2.47 bits per heavy atom. The fourth-order valence-electron chi connectivity index (χ4n) is 7.70. The number of pyridine rings is 2. The first-order valence-electron chi connectivity index (χ1n) is 16.9. The summed E-state index contributed by atoms with van der Waals surface area (Å²) < 4.78 is 12.3. The van der Waals surface area contributed by atoms with Crippen molar-refractivity contribution in [3.8, 4) is 5.75 Å². The number of piperazine rings is 1. The van der Waals surface area contributed by atoms with Crippen LogP contribution in [0.1, 0.15) is 73.4 Å². The summed E-state index contributed by atoms with van der Waals surface area (Å²) in [5, 5.41) is 1.29. The van der Waals surface area contributed by atoms with Crippen molar-refractivity contribution in [2.45, 2.75) is 82.1 Å². The van der Waals surface area contributed by atoms with Gasteiger partial charge < -0.3 is 14.4 Å². The van der Waals surface area contributed by atoms with Gasteiger partial charge in [-0.25, -0.2) is 4.79 Å². The molecule has 248 valence electrons. The quantitative estimate of drug-likeness (QED) is 0.305. The van der Waals surface area contributed by atoms with E-state index in [1.165, 1.54) is 6.42 Å². The van der Waals surface area contributed by atoms with Crippen molar-refractivity contribution in [3.63, 3.8) is 0 Å². The molecule has 4 aliphatic rings. The van der Waals surface area contributed by atoms with Crippen molar-refractivity contribution >= 4 is 35.2 Å². The van der Waals surface area contributed by atoms with Crippen LogP contribution in [0.25, 0.3) is 0 Å². The topological polar surface area (TPSA) is 88.1 Å². The number of rotatable bonds is 5. The van der Waals surface area contributed by atoms with Crippen molar-refractivity contribution in [2.24, 2.45) is 0 Å². The van der Waals surface area contributed by atoms with Crippen molar-refractivity contribution in [2.75, 3.05) is 32.7 Å². The van der Waals surface area contributed by atoms with Crippen LogP contribution in [0, 0.1) is 0 Å². The zero-order chi connectivity index (χ0) is 32.3. The minimum atomic E-state index is -0.716. The molecule has 2 aliphatic heterocycles. The molecule has 2 aliphatic carbocycles. The van der Waals surface area contributed by atoms with Gasteiger partial charge in [-0.15, -0.1) is 0 Å². The van der Waals surface area contributed by atoms with E-state index in [1.807, 2.05) is 35.2 Å². The van der Waals surface area contributed by atoms with Gasteiger partial charge in [-0.3, -0.25) is 24.6 Å². The third kappa shape index (κ3) is 7.22. The summed E-state index contributed by atoms with van der Waals surface area (Å²) in [5.74, 6) is 0.607. The van der Waals surface area contributed by atoms with Gasteiger partial charge in [-0.05, 0) is 98.4 Å². The number of hydrogen-bond acceptors (Lipinski definition) is 7. The van der Waals surface area contributed by atoms with E-state index in [4.69, 9.17) is 37.7 Å². The van der Waals surface area contributed by atoms with Gasteiger partial charge in [-0.1, -0.05) is 35.7 Å². The van der Waals surface area contributed by atoms with Gasteiger partial charge >= 0.3 is 6.09 Å². The summed E-state index contributed by atoms with van der Waals surface area (Å²) in [7, 11) is 0. The number of amides is 2. The second-order valence-electron chi connectivity index (χ2n) is 13.1. The Kier molecular flexibility index (Phi) is 9.84. The van der Waals surface area contributed by atoms with Gasteiger partial charge in [0, 0.05) is 43.6 Å². The lowest BCUT2D eigenvalue weighted by atomic mass is 9.95. The maximum atomic E-state index is 14.6. The summed E-state index contributed by atoms with van der Waals surface area (Å²) in [5.41, 5.74) is 4.30. The molecule has 0 bridgehead atoms. The standard InChI is InChI=1S/C36H41Cl2N5O4/c37-26-12-13-31-24(18-26)10-11-25-19-27(38)20-40-33(25)34(31)41-16-17-43(36(45)47-28-6-2-1-3-7-28)32(23-41)35(44)42-15-5-9-30(22-42)46-29-8-4-14-39-21-29/h4,8,12-14,18-21,28,30,32,34H,1-3,5-7,9-11,15-17,22-23H2/t30?,32-,34?/m1/s1. The van der Waals surface area contributed by atoms with Crippen LogP contribution in [-0.2, 0) is 22.4 Å². The Balaban J connectivity index is 1.18. The Morgan fingerprint density at radius 2 is 1.64 bits per heavy atom. The molecule has 1 saturated carbocycles. The second kappa shape index (κ2) is 14.4. The van der Waals surface area contributed by atoms with E-state index in [1.54, 1.807) is 23.5 Å². The van der Waals surface area contributed by atoms with Gasteiger partial charge in [0.15, 0.2) is 0 Å². The number of likely N-dealkylation sites (tertiary alicyclic amines) is 1. The number of fused-ring (bicyclic) bond motifs is 2. The molecule has 3 atom stereocenters. The van der Waals surface area contributed by atoms with Crippen LogP contribution >= 0.6 is 23.2 Å². The first kappa shape index (κ1) is 32.2. The van der Waals surface area contributed by atoms with E-state index < -0.39 is 12.1 Å². The molecule has 2 aromatic heterocycles. The molecule has 2 saturated heterocycles. The second-order valence-corrected chi connectivity index (χ2v) is 14.0. The minimum absolute atomic E-state index is 0.0796. The maximum absolute atomic E-state index is 14.6. The number of carbonyl (C=O) groups excluding carboxylic acids is 2. The zero-order valence-electron chi connectivity index (χ0n) is 26.5. The maximum Gasteiger partial charge on any atom is 0.410 e. The summed E-state index contributed by atoms with van der Waals surface area (Å²) >= 11 is 12.9. The first-order chi connectivity index (χ1) is 22.9. The van der Waals surface area contributed by atoms with Crippen molar-refractivity contribution < 1.29 is 19.1 Å². The average Bonchev–Trinajstić information content (AvgIpc) is 3.25. The minimum Gasteiger partial charge on any atom is -0.487 e. The summed E-state index contributed by atoms with van der Waals surface area (Å²) in [6.45, 7) is 2.34. The number of aromatic nitrogens is 2. The fourth-order valence-corrected chi connectivity index (χ4v) is 8.07. The largest absolute Gasteiger partial charge is 0.487 e. The van der Waals surface area contributed by atoms with Gasteiger partial charge in [0.2, 0.25) is 5.91 Å². The van der Waals surface area contributed by atoms with Gasteiger partial charge in [-0.2, -0.15) is 0 Å². The Bertz CT molecular complexity index is 1530. The number of halogens is 2. The summed E-state index contributed by atoms with van der Waals surface area (Å²) in [6, 6.07) is 10.8. The Hall–Kier alpha value is -3.40. The highest BCUT2D eigenvalue weighted by Gasteiger charge is 2.43. The van der Waals surface area contributed by atoms with E-state index in [-0.39, 0.29) is 24.2 Å². The number of benzene rings is 1. The molecule has 0 N–H and O–H groups in total. The molecular formula is C36H41Cl2N5O4. The Labute approximate surface area is 286 Å². The van der Waals surface area contributed by atoms with E-state index in [9.17, 15) is 9.59 Å². The normalized spacial score (nSPS) is 23.7. The van der Waals surface area contributed by atoms with E-state index in [0.29, 0.717) is 48.5 Å². The lowest BCUT2D eigenvalue weighted by molar-refractivity contribution is -0.142. The molecule has 0 radical (unpaired) electrons. The number of hydrogen-bond donors (Lipinski definition) is 0. The number of carbonyl (C=O) groups is 2. The molecule has 9 nitrogen and oxygen atoms in total. The van der Waals surface area contributed by atoms with E-state index >= 15 is 0 Å². The van der Waals surface area contributed by atoms with Gasteiger partial charge in [0.05, 0.1) is 29.5 Å². The number of aryl methyl sites for hydroxylation is 2. The zero-order valence-corrected chi connectivity index (χ0v) is 28.0. The van der Waals surface area contributed by atoms with Crippen molar-refractivity contribution in [1.29, 1.82) is 0 Å². The molecule has 11 heteroatoms. The molecule has 7 rings (SSSR count). The molecule has 4 heterocycles. The molecule has 0 spiro atoms. The highest BCUT2D eigenvalue weighted by atomic mass is 35.5. The Morgan fingerprint density at radius 1 is 0.830 bits per heavy atom. The van der Waals surface area contributed by atoms with E-state index in [2.05, 4.69) is 16.0 Å². The molecule has 47 heavy (non-hydrogen) atoms. The number of ether oxygens (including phenoxy) is 2. The first-order valence-corrected chi connectivity index (χ1v) is 17.7. The molecular weight excluding hydrogens is 637 g/mol. The van der Waals surface area contributed by atoms with Gasteiger partial charge in [0.25, 0.3) is 0 Å². The molecule has 1 aromatic carbocycles. The van der Waals surface area contributed by atoms with Crippen LogP contribution in [0.2, 0.25) is 10.0 Å². The molecule has 3 fully saturated rings. The number of piperidine rings is 1. The summed E-state index contributed by atoms with van der Waals surface area (Å²) in [4.78, 5) is 43.3. The van der Waals surface area contributed by atoms with Crippen LogP contribution in [0.5, 0.6) is 5.75 Å². The highest BCUT2D eigenvalue weighted by molar-refractivity contribution is 6.30. The lowest BCUT2D eigenvalue weighted by Crippen LogP contribution is -2.63. The van der Waals surface area contributed by atoms with Crippen molar-refractivity contribution in [1.82, 2.24) is 24.7 Å². The fraction of sp³-hybridized carbons (Fsp3) is 0.500. The van der Waals surface area contributed by atoms with Crippen LogP contribution in [-0.4, -0.2) is 87.6 Å².